The zero-order chi connectivity index (χ0) is 33.0. The monoisotopic (exact) mass is 918 g/mol. The van der Waals surface area contributed by atoms with Gasteiger partial charge in [-0.2, -0.15) is 0 Å². The van der Waals surface area contributed by atoms with Gasteiger partial charge in [-0.1, -0.05) is 0 Å². The standard InChI is InChI=1S/6C6H5.2C3H9P.2Sn.Zn/c6*1-2-4-6-5-3-1;2*1-4(2)3;;;/h6*1-5H;2*1-3H3;;;. The van der Waals surface area contributed by atoms with E-state index in [4.69, 9.17) is 0 Å². The molecule has 0 saturated carbocycles. The Kier molecular flexibility index (Phi) is 21.7. The molecule has 236 valence electrons. The molecule has 0 saturated heterocycles. The summed E-state index contributed by atoms with van der Waals surface area (Å²) in [7, 11) is 0.759. The van der Waals surface area contributed by atoms with Gasteiger partial charge in [0.25, 0.3) is 0 Å². The van der Waals surface area contributed by atoms with E-state index in [0.717, 1.165) is 0 Å². The van der Waals surface area contributed by atoms with Crippen LogP contribution in [-0.2, 0) is 19.5 Å². The first-order chi connectivity index (χ1) is 22.4. The van der Waals surface area contributed by atoms with Crippen LogP contribution in [0.2, 0.25) is 0 Å². The van der Waals surface area contributed by atoms with E-state index in [2.05, 4.69) is 222 Å². The third-order valence-corrected chi connectivity index (χ3v) is 22.0. The van der Waals surface area contributed by atoms with Crippen molar-refractivity contribution in [3.05, 3.63) is 182 Å². The molecule has 0 fully saturated rings. The van der Waals surface area contributed by atoms with Crippen molar-refractivity contribution in [1.29, 1.82) is 0 Å². The number of hydrogen-bond donors (Lipinski definition) is 0. The van der Waals surface area contributed by atoms with Gasteiger partial charge in [0.05, 0.1) is 0 Å². The molecular weight excluding hydrogens is 869 g/mol. The predicted molar refractivity (Wildman–Crippen MR) is 217 cm³/mol. The van der Waals surface area contributed by atoms with Crippen molar-refractivity contribution in [3.8, 4) is 0 Å². The minimum absolute atomic E-state index is 0. The van der Waals surface area contributed by atoms with Gasteiger partial charge in [0.1, 0.15) is 0 Å². The molecule has 0 bridgehead atoms. The first kappa shape index (κ1) is 41.6. The normalized spacial score (nSPS) is 10.1. The Hall–Kier alpha value is -1.60. The molecule has 0 heterocycles. The third kappa shape index (κ3) is 16.1. The van der Waals surface area contributed by atoms with Crippen molar-refractivity contribution < 1.29 is 19.5 Å². The summed E-state index contributed by atoms with van der Waals surface area (Å²) in [5.41, 5.74) is 0. The van der Waals surface area contributed by atoms with Crippen molar-refractivity contribution >= 4 is 76.8 Å². The van der Waals surface area contributed by atoms with Gasteiger partial charge < -0.3 is 0 Å². The second-order valence-electron chi connectivity index (χ2n) is 11.6. The average Bonchev–Trinajstić information content (AvgIpc) is 3.08. The van der Waals surface area contributed by atoms with Gasteiger partial charge in [0.2, 0.25) is 0 Å². The first-order valence-corrected chi connectivity index (χ1v) is 29.6. The zero-order valence-corrected chi connectivity index (χ0v) is 39.4. The fourth-order valence-electron chi connectivity index (χ4n) is 4.63. The molecule has 0 aliphatic rings. The molecule has 0 N–H and O–H groups in total. The summed E-state index contributed by atoms with van der Waals surface area (Å²) < 4.78 is 9.18. The maximum atomic E-state index is 2.29. The van der Waals surface area contributed by atoms with Gasteiger partial charge in [-0.3, -0.25) is 0 Å². The fourth-order valence-corrected chi connectivity index (χ4v) is 19.3. The molecule has 5 heteroatoms. The van der Waals surface area contributed by atoms with Gasteiger partial charge in [-0.15, -0.1) is 15.8 Å². The molecule has 0 nitrogen and oxygen atoms in total. The van der Waals surface area contributed by atoms with Crippen LogP contribution in [-0.4, -0.2) is 79.5 Å². The van der Waals surface area contributed by atoms with Crippen LogP contribution >= 0.6 is 15.8 Å². The van der Waals surface area contributed by atoms with Crippen molar-refractivity contribution in [1.82, 2.24) is 0 Å². The van der Waals surface area contributed by atoms with Crippen LogP contribution in [0.15, 0.2) is 182 Å². The van der Waals surface area contributed by atoms with E-state index in [1.54, 1.807) is 0 Å². The molecule has 6 aromatic rings. The summed E-state index contributed by atoms with van der Waals surface area (Å²) in [6.45, 7) is 13.4. The molecule has 0 aliphatic heterocycles. The summed E-state index contributed by atoms with van der Waals surface area (Å²) in [6, 6.07) is 65.9. The van der Waals surface area contributed by atoms with Crippen molar-refractivity contribution in [3.63, 3.8) is 0 Å². The van der Waals surface area contributed by atoms with Gasteiger partial charge in [-0.25, -0.2) is 0 Å². The van der Waals surface area contributed by atoms with Crippen LogP contribution in [0.25, 0.3) is 0 Å². The van der Waals surface area contributed by atoms with E-state index in [1.807, 2.05) is 0 Å². The first-order valence-electron chi connectivity index (χ1n) is 15.6. The predicted octanol–water partition coefficient (Wildman–Crippen LogP) is 7.12. The second kappa shape index (κ2) is 24.5. The Balaban J connectivity index is 0.000000262. The quantitative estimate of drug-likeness (QED) is 0.124. The van der Waals surface area contributed by atoms with E-state index < -0.39 is 39.5 Å². The Morgan fingerprint density at radius 2 is 0.362 bits per heavy atom. The molecule has 0 aliphatic carbocycles. The molecule has 47 heavy (non-hydrogen) atoms. The SMILES string of the molecule is CP(C)C.CP(C)C.[Zn].c1cc[c]([Sn]([c]2ccccc2)[c]2ccccc2)cc1.c1cc[c]([Sn]([c]2ccccc2)[c]2ccccc2)cc1. The molecule has 6 rings (SSSR count). The molecule has 0 atom stereocenters. The van der Waals surface area contributed by atoms with Crippen LogP contribution in [0.1, 0.15) is 0 Å². The second-order valence-corrected chi connectivity index (χ2v) is 31.2. The van der Waals surface area contributed by atoms with Crippen LogP contribution < -0.4 is 21.5 Å². The molecule has 6 aromatic carbocycles. The number of hydrogen-bond acceptors (Lipinski definition) is 0. The van der Waals surface area contributed by atoms with Gasteiger partial charge >= 0.3 is 243 Å². The fraction of sp³-hybridized carbons (Fsp3) is 0.143. The Labute approximate surface area is 315 Å². The zero-order valence-electron chi connectivity index (χ0n) is 28.9. The van der Waals surface area contributed by atoms with Gasteiger partial charge in [-0.05, 0) is 40.0 Å². The maximum absolute atomic E-state index is 2.29. The number of benzene rings is 6. The Morgan fingerprint density at radius 1 is 0.255 bits per heavy atom. The molecule has 2 radical (unpaired) electrons. The summed E-state index contributed by atoms with van der Waals surface area (Å²) in [5, 5.41) is 0. The summed E-state index contributed by atoms with van der Waals surface area (Å²) in [6.07, 6.45) is 0. The van der Waals surface area contributed by atoms with E-state index in [0.29, 0.717) is 15.8 Å². The average molecular weight is 918 g/mol. The van der Waals surface area contributed by atoms with E-state index in [-0.39, 0.29) is 19.5 Å². The summed E-state index contributed by atoms with van der Waals surface area (Å²) in [4.78, 5) is 0. The molecule has 0 amide bonds. The van der Waals surface area contributed by atoms with Crippen LogP contribution in [0.5, 0.6) is 0 Å². The molecular formula is C42H48P2Sn2Zn. The third-order valence-electron chi connectivity index (χ3n) is 6.37. The van der Waals surface area contributed by atoms with Gasteiger partial charge in [0, 0.05) is 19.5 Å². The Morgan fingerprint density at radius 3 is 0.468 bits per heavy atom. The van der Waals surface area contributed by atoms with Crippen molar-refractivity contribution in [2.45, 2.75) is 0 Å². The summed E-state index contributed by atoms with van der Waals surface area (Å²) >= 11 is -3.96. The minimum atomic E-state index is -1.98. The van der Waals surface area contributed by atoms with Crippen molar-refractivity contribution in [2.24, 2.45) is 0 Å². The topological polar surface area (TPSA) is 0 Å². The Bertz CT molecular complexity index is 1270. The van der Waals surface area contributed by atoms with E-state index in [1.165, 1.54) is 21.5 Å². The van der Waals surface area contributed by atoms with Crippen LogP contribution in [0.4, 0.5) is 0 Å². The molecule has 0 unspecified atom stereocenters. The van der Waals surface area contributed by atoms with Crippen LogP contribution in [0, 0.1) is 0 Å². The summed E-state index contributed by atoms with van der Waals surface area (Å²) in [5.74, 6) is 0. The number of rotatable bonds is 6. The molecule has 0 spiro atoms. The van der Waals surface area contributed by atoms with E-state index >= 15 is 0 Å². The molecule has 0 aromatic heterocycles. The van der Waals surface area contributed by atoms with E-state index in [9.17, 15) is 0 Å². The van der Waals surface area contributed by atoms with Crippen LogP contribution in [0.3, 0.4) is 0 Å². The van der Waals surface area contributed by atoms with Gasteiger partial charge in [0.15, 0.2) is 0 Å². The van der Waals surface area contributed by atoms with Crippen molar-refractivity contribution in [2.75, 3.05) is 40.0 Å².